The van der Waals surface area contributed by atoms with Gasteiger partial charge in [0.1, 0.15) is 5.75 Å². The Morgan fingerprint density at radius 1 is 0.783 bits per heavy atom. The molecule has 238 valence electrons. The Morgan fingerprint density at radius 3 is 1.93 bits per heavy atom. The Balaban J connectivity index is 1.57. The van der Waals surface area contributed by atoms with E-state index in [9.17, 15) is 19.7 Å². The molecule has 46 heavy (non-hydrogen) atoms. The zero-order valence-corrected chi connectivity index (χ0v) is 25.8. The number of anilines is 1. The predicted octanol–water partition coefficient (Wildman–Crippen LogP) is 5.25. The monoisotopic (exact) mass is 628 g/mol. The van der Waals surface area contributed by atoms with Crippen LogP contribution in [-0.4, -0.2) is 58.5 Å². The highest BCUT2D eigenvalue weighted by molar-refractivity contribution is 6.07. The summed E-state index contributed by atoms with van der Waals surface area (Å²) in [6.45, 7) is 0.196. The minimum Gasteiger partial charge on any atom is -0.497 e. The van der Waals surface area contributed by atoms with Crippen molar-refractivity contribution >= 4 is 29.4 Å². The lowest BCUT2D eigenvalue weighted by molar-refractivity contribution is -0.385. The number of rotatable bonds is 13. The summed E-state index contributed by atoms with van der Waals surface area (Å²) in [5.74, 6) is 1.02. The standard InChI is InChI=1S/C33H32N4O9/c1-42-26-13-6-21(7-14-26)20-36(25-17-29(44-3)31(46-5)30(18-25)45-4)33(39)24-11-9-23(10-12-24)32(38)35-34-19-22-8-15-28(43-2)27(16-22)37(40)41/h6-19H,20H2,1-5H3,(H,35,38)/b34-19+. The van der Waals surface area contributed by atoms with Crippen molar-refractivity contribution in [2.45, 2.75) is 6.54 Å². The fourth-order valence-corrected chi connectivity index (χ4v) is 4.50. The Labute approximate surface area is 265 Å². The minimum atomic E-state index is -0.572. The summed E-state index contributed by atoms with van der Waals surface area (Å²) in [6, 6.07) is 21.0. The maximum atomic E-state index is 14.0. The molecule has 0 spiro atoms. The third-order valence-corrected chi connectivity index (χ3v) is 6.88. The molecule has 0 saturated carbocycles. The van der Waals surface area contributed by atoms with Crippen LogP contribution in [0.15, 0.2) is 84.0 Å². The van der Waals surface area contributed by atoms with Gasteiger partial charge >= 0.3 is 5.69 Å². The van der Waals surface area contributed by atoms with E-state index in [4.69, 9.17) is 23.7 Å². The number of nitro groups is 1. The highest BCUT2D eigenvalue weighted by Crippen LogP contribution is 2.41. The molecular weight excluding hydrogens is 596 g/mol. The van der Waals surface area contributed by atoms with Crippen LogP contribution in [0.2, 0.25) is 0 Å². The number of nitro benzene ring substituents is 1. The molecule has 0 aliphatic rings. The summed E-state index contributed by atoms with van der Waals surface area (Å²) in [5, 5.41) is 15.2. The number of amides is 2. The zero-order chi connectivity index (χ0) is 33.2. The average molecular weight is 629 g/mol. The molecule has 0 unspecified atom stereocenters. The van der Waals surface area contributed by atoms with Crippen molar-refractivity contribution in [3.63, 3.8) is 0 Å². The van der Waals surface area contributed by atoms with Gasteiger partial charge in [-0.25, -0.2) is 5.43 Å². The van der Waals surface area contributed by atoms with Gasteiger partial charge in [-0.1, -0.05) is 12.1 Å². The van der Waals surface area contributed by atoms with E-state index in [1.54, 1.807) is 42.3 Å². The van der Waals surface area contributed by atoms with Crippen LogP contribution in [-0.2, 0) is 6.54 Å². The first kappa shape index (κ1) is 32.8. The van der Waals surface area contributed by atoms with Crippen molar-refractivity contribution in [2.75, 3.05) is 40.4 Å². The van der Waals surface area contributed by atoms with Gasteiger partial charge in [-0.15, -0.1) is 0 Å². The maximum absolute atomic E-state index is 14.0. The molecule has 0 aliphatic heterocycles. The SMILES string of the molecule is COc1ccc(CN(C(=O)c2ccc(C(=O)N/N=C/c3ccc(OC)c([N+](=O)[O-])c3)cc2)c2cc(OC)c(OC)c(OC)c2)cc1. The lowest BCUT2D eigenvalue weighted by atomic mass is 10.1. The van der Waals surface area contributed by atoms with Crippen LogP contribution in [0.1, 0.15) is 31.8 Å². The molecule has 0 fully saturated rings. The van der Waals surface area contributed by atoms with E-state index >= 15 is 0 Å². The van der Waals surface area contributed by atoms with Crippen LogP contribution >= 0.6 is 0 Å². The molecular formula is C33H32N4O9. The predicted molar refractivity (Wildman–Crippen MR) is 171 cm³/mol. The molecule has 0 radical (unpaired) electrons. The van der Waals surface area contributed by atoms with E-state index in [-0.39, 0.29) is 29.5 Å². The first-order valence-corrected chi connectivity index (χ1v) is 13.7. The minimum absolute atomic E-state index is 0.105. The fraction of sp³-hybridized carbons (Fsp3) is 0.182. The molecule has 13 nitrogen and oxygen atoms in total. The van der Waals surface area contributed by atoms with Crippen molar-refractivity contribution in [1.82, 2.24) is 5.43 Å². The van der Waals surface area contributed by atoms with E-state index in [2.05, 4.69) is 10.5 Å². The molecule has 0 saturated heterocycles. The van der Waals surface area contributed by atoms with E-state index in [0.717, 1.165) is 5.56 Å². The van der Waals surface area contributed by atoms with Crippen LogP contribution in [0.3, 0.4) is 0 Å². The summed E-state index contributed by atoms with van der Waals surface area (Å²) < 4.78 is 26.7. The normalized spacial score (nSPS) is 10.6. The Hall–Kier alpha value is -6.11. The molecule has 4 aromatic rings. The molecule has 0 bridgehead atoms. The van der Waals surface area contributed by atoms with E-state index in [1.807, 2.05) is 12.1 Å². The van der Waals surface area contributed by atoms with Gasteiger partial charge in [0.15, 0.2) is 17.2 Å². The number of ether oxygens (including phenoxy) is 5. The van der Waals surface area contributed by atoms with Crippen LogP contribution in [0, 0.1) is 10.1 Å². The maximum Gasteiger partial charge on any atom is 0.311 e. The molecule has 4 rings (SSSR count). The van der Waals surface area contributed by atoms with Crippen LogP contribution < -0.4 is 34.0 Å². The Morgan fingerprint density at radius 2 is 1.39 bits per heavy atom. The third-order valence-electron chi connectivity index (χ3n) is 6.88. The van der Waals surface area contributed by atoms with Crippen LogP contribution in [0.4, 0.5) is 11.4 Å². The second-order valence-electron chi connectivity index (χ2n) is 9.59. The number of nitrogens with zero attached hydrogens (tertiary/aromatic N) is 3. The molecule has 1 N–H and O–H groups in total. The number of carbonyl (C=O) groups excluding carboxylic acids is 2. The van der Waals surface area contributed by atoms with Gasteiger partial charge < -0.3 is 28.6 Å². The van der Waals surface area contributed by atoms with Crippen molar-refractivity contribution in [2.24, 2.45) is 5.10 Å². The number of benzene rings is 4. The molecule has 2 amide bonds. The molecule has 0 aromatic heterocycles. The summed E-state index contributed by atoms with van der Waals surface area (Å²) in [6.07, 6.45) is 1.27. The highest BCUT2D eigenvalue weighted by Gasteiger charge is 2.23. The van der Waals surface area contributed by atoms with E-state index < -0.39 is 10.8 Å². The Kier molecular flexibility index (Phi) is 10.7. The first-order valence-electron chi connectivity index (χ1n) is 13.7. The zero-order valence-electron chi connectivity index (χ0n) is 25.8. The van der Waals surface area contributed by atoms with Crippen molar-refractivity contribution < 1.29 is 38.2 Å². The van der Waals surface area contributed by atoms with Crippen molar-refractivity contribution in [3.05, 3.63) is 111 Å². The molecule has 0 heterocycles. The van der Waals surface area contributed by atoms with E-state index in [0.29, 0.717) is 39.8 Å². The number of hydrogen-bond donors (Lipinski definition) is 1. The molecule has 13 heteroatoms. The molecule has 0 aliphatic carbocycles. The van der Waals surface area contributed by atoms with E-state index in [1.165, 1.54) is 71.1 Å². The lowest BCUT2D eigenvalue weighted by Gasteiger charge is -2.25. The quantitative estimate of drug-likeness (QED) is 0.119. The number of hydrogen-bond acceptors (Lipinski definition) is 10. The second kappa shape index (κ2) is 15.1. The highest BCUT2D eigenvalue weighted by atomic mass is 16.6. The van der Waals surface area contributed by atoms with Crippen LogP contribution in [0.5, 0.6) is 28.7 Å². The number of methoxy groups -OCH3 is 5. The van der Waals surface area contributed by atoms with Gasteiger partial charge in [-0.3, -0.25) is 19.7 Å². The van der Waals surface area contributed by atoms with Crippen LogP contribution in [0.25, 0.3) is 0 Å². The number of nitrogens with one attached hydrogen (secondary N) is 1. The second-order valence-corrected chi connectivity index (χ2v) is 9.59. The average Bonchev–Trinajstić information content (AvgIpc) is 3.09. The molecule has 4 aromatic carbocycles. The van der Waals surface area contributed by atoms with Gasteiger partial charge in [-0.05, 0) is 54.1 Å². The van der Waals surface area contributed by atoms with Gasteiger partial charge in [0, 0.05) is 34.9 Å². The number of hydrazone groups is 1. The smallest absolute Gasteiger partial charge is 0.311 e. The molecule has 0 atom stereocenters. The van der Waals surface area contributed by atoms with Gasteiger partial charge in [0.25, 0.3) is 11.8 Å². The summed E-state index contributed by atoms with van der Waals surface area (Å²) >= 11 is 0. The fourth-order valence-electron chi connectivity index (χ4n) is 4.50. The Bertz CT molecular complexity index is 1710. The first-order chi connectivity index (χ1) is 22.2. The lowest BCUT2D eigenvalue weighted by Crippen LogP contribution is -2.30. The third kappa shape index (κ3) is 7.50. The van der Waals surface area contributed by atoms with Gasteiger partial charge in [0.05, 0.1) is 58.9 Å². The summed E-state index contributed by atoms with van der Waals surface area (Å²) in [5.41, 5.74) is 4.42. The largest absolute Gasteiger partial charge is 0.497 e. The van der Waals surface area contributed by atoms with Gasteiger partial charge in [0.2, 0.25) is 5.75 Å². The summed E-state index contributed by atoms with van der Waals surface area (Å²) in [7, 11) is 7.39. The van der Waals surface area contributed by atoms with Crippen molar-refractivity contribution in [1.29, 1.82) is 0 Å². The summed E-state index contributed by atoms with van der Waals surface area (Å²) in [4.78, 5) is 39.0. The van der Waals surface area contributed by atoms with Crippen molar-refractivity contribution in [3.8, 4) is 28.7 Å². The van der Waals surface area contributed by atoms with Gasteiger partial charge in [-0.2, -0.15) is 5.10 Å². The topological polar surface area (TPSA) is 151 Å². The number of carbonyl (C=O) groups is 2.